The van der Waals surface area contributed by atoms with E-state index in [2.05, 4.69) is 4.72 Å². The Morgan fingerprint density at radius 2 is 1.42 bits per heavy atom. The molecule has 4 aromatic carbocycles. The molecule has 0 spiro atoms. The van der Waals surface area contributed by atoms with Crippen LogP contribution >= 0.6 is 0 Å². The van der Waals surface area contributed by atoms with Crippen LogP contribution in [0.15, 0.2) is 113 Å². The molecule has 1 N–H and O–H groups in total. The third-order valence-electron chi connectivity index (χ3n) is 7.18. The maximum Gasteiger partial charge on any atom is 0.338 e. The summed E-state index contributed by atoms with van der Waals surface area (Å²) < 4.78 is 37.3. The maximum absolute atomic E-state index is 13.4. The van der Waals surface area contributed by atoms with Gasteiger partial charge >= 0.3 is 5.97 Å². The second-order valence-corrected chi connectivity index (χ2v) is 11.6. The van der Waals surface area contributed by atoms with Gasteiger partial charge in [-0.1, -0.05) is 78.9 Å². The number of aryl methyl sites for hydroxylation is 1. The second-order valence-electron chi connectivity index (χ2n) is 9.96. The Bertz CT molecular complexity index is 1980. The molecule has 0 saturated carbocycles. The molecule has 0 saturated heterocycles. The third-order valence-corrected chi connectivity index (χ3v) is 8.53. The number of para-hydroxylation sites is 1. The Morgan fingerprint density at radius 3 is 2.07 bits per heavy atom. The Morgan fingerprint density at radius 1 is 0.814 bits per heavy atom. The van der Waals surface area contributed by atoms with E-state index >= 15 is 0 Å². The number of ether oxygens (including phenoxy) is 1. The van der Waals surface area contributed by atoms with E-state index in [0.29, 0.717) is 22.5 Å². The number of esters is 1. The Labute approximate surface area is 249 Å². The first-order chi connectivity index (χ1) is 20.6. The van der Waals surface area contributed by atoms with E-state index in [1.807, 2.05) is 48.5 Å². The predicted octanol–water partition coefficient (Wildman–Crippen LogP) is 5.30. The van der Waals surface area contributed by atoms with Gasteiger partial charge in [-0.05, 0) is 54.8 Å². The number of hydrogen-bond acceptors (Lipinski definition) is 6. The summed E-state index contributed by atoms with van der Waals surface area (Å²) >= 11 is 0. The van der Waals surface area contributed by atoms with Crippen molar-refractivity contribution in [2.45, 2.75) is 18.7 Å². The van der Waals surface area contributed by atoms with Crippen molar-refractivity contribution >= 4 is 27.5 Å². The van der Waals surface area contributed by atoms with Crippen molar-refractivity contribution in [3.8, 4) is 16.8 Å². The van der Waals surface area contributed by atoms with Crippen LogP contribution in [-0.4, -0.2) is 36.1 Å². The highest BCUT2D eigenvalue weighted by Gasteiger charge is 2.24. The number of carbonyl (C=O) groups is 2. The summed E-state index contributed by atoms with van der Waals surface area (Å²) in [6.45, 7) is 2.74. The lowest BCUT2D eigenvalue weighted by Crippen LogP contribution is -2.23. The second kappa shape index (κ2) is 11.9. The van der Waals surface area contributed by atoms with E-state index in [0.717, 1.165) is 11.1 Å². The molecule has 0 bridgehead atoms. The van der Waals surface area contributed by atoms with Crippen LogP contribution in [0, 0.1) is 13.8 Å². The average Bonchev–Trinajstić information content (AvgIpc) is 3.23. The van der Waals surface area contributed by atoms with Gasteiger partial charge in [-0.15, -0.1) is 0 Å². The van der Waals surface area contributed by atoms with Gasteiger partial charge in [-0.25, -0.2) is 17.9 Å². The van der Waals surface area contributed by atoms with Gasteiger partial charge in [0.15, 0.2) is 12.4 Å². The Balaban J connectivity index is 1.32. The molecule has 0 unspecified atom stereocenters. The number of ketones is 1. The van der Waals surface area contributed by atoms with E-state index < -0.39 is 33.9 Å². The Hall–Kier alpha value is -5.22. The molecule has 5 rings (SSSR count). The number of Topliss-reactive ketones (excluding diaryl/α,β-unsaturated/α-hetero) is 1. The first kappa shape index (κ1) is 29.3. The normalized spacial score (nSPS) is 11.2. The molecule has 9 nitrogen and oxygen atoms in total. The first-order valence-corrected chi connectivity index (χ1v) is 14.9. The summed E-state index contributed by atoms with van der Waals surface area (Å²) in [6.07, 6.45) is 0. The molecule has 0 radical (unpaired) electrons. The molecule has 0 aliphatic carbocycles. The third kappa shape index (κ3) is 6.05. The van der Waals surface area contributed by atoms with Crippen molar-refractivity contribution < 1.29 is 22.7 Å². The highest BCUT2D eigenvalue weighted by molar-refractivity contribution is 7.92. The summed E-state index contributed by atoms with van der Waals surface area (Å²) in [5, 5.41) is 0. The van der Waals surface area contributed by atoms with Gasteiger partial charge in [0.2, 0.25) is 0 Å². The minimum Gasteiger partial charge on any atom is -0.454 e. The van der Waals surface area contributed by atoms with Crippen molar-refractivity contribution in [2.75, 3.05) is 11.3 Å². The van der Waals surface area contributed by atoms with Crippen LogP contribution in [0.2, 0.25) is 0 Å². The lowest BCUT2D eigenvalue weighted by Gasteiger charge is -2.11. The van der Waals surface area contributed by atoms with Crippen molar-refractivity contribution in [1.82, 2.24) is 9.36 Å². The molecule has 10 heteroatoms. The van der Waals surface area contributed by atoms with Crippen LogP contribution in [-0.2, 0) is 21.8 Å². The first-order valence-electron chi connectivity index (χ1n) is 13.4. The smallest absolute Gasteiger partial charge is 0.338 e. The summed E-state index contributed by atoms with van der Waals surface area (Å²) in [4.78, 5) is 38.6. The van der Waals surface area contributed by atoms with E-state index in [4.69, 9.17) is 4.74 Å². The van der Waals surface area contributed by atoms with Gasteiger partial charge in [-0.2, -0.15) is 0 Å². The minimum atomic E-state index is -4.27. The molecular formula is C33H29N3O6S. The van der Waals surface area contributed by atoms with E-state index in [1.54, 1.807) is 62.0 Å². The standard InChI is InChI=1S/C33H29N3O6S/c1-22-14-19-28(43(40,41)34-31-23(2)35(3)36(32(31)38)27-12-8-5-9-13-27)20-29(22)33(39)42-21-30(37)26-17-15-25(16-18-26)24-10-6-4-7-11-24/h4-20,34H,21H2,1-3H3. The molecule has 0 atom stereocenters. The van der Waals surface area contributed by atoms with Crippen molar-refractivity contribution in [3.63, 3.8) is 0 Å². The molecule has 0 amide bonds. The summed E-state index contributed by atoms with van der Waals surface area (Å²) in [5.74, 6) is -1.24. The fourth-order valence-electron chi connectivity index (χ4n) is 4.64. The molecule has 5 aromatic rings. The van der Waals surface area contributed by atoms with Crippen molar-refractivity contribution in [2.24, 2.45) is 7.05 Å². The van der Waals surface area contributed by atoms with Crippen LogP contribution < -0.4 is 10.3 Å². The highest BCUT2D eigenvalue weighted by atomic mass is 32.2. The van der Waals surface area contributed by atoms with E-state index in [1.165, 1.54) is 22.9 Å². The summed E-state index contributed by atoms with van der Waals surface area (Å²) in [7, 11) is -2.62. The number of hydrogen-bond donors (Lipinski definition) is 1. The number of rotatable bonds is 9. The molecule has 218 valence electrons. The van der Waals surface area contributed by atoms with Gasteiger partial charge in [-0.3, -0.25) is 19.0 Å². The maximum atomic E-state index is 13.4. The van der Waals surface area contributed by atoms with Gasteiger partial charge in [0.1, 0.15) is 5.69 Å². The number of carbonyl (C=O) groups excluding carboxylic acids is 2. The van der Waals surface area contributed by atoms with E-state index in [9.17, 15) is 22.8 Å². The Kier molecular flexibility index (Phi) is 8.13. The fourth-order valence-corrected chi connectivity index (χ4v) is 5.78. The average molecular weight is 596 g/mol. The zero-order valence-corrected chi connectivity index (χ0v) is 24.6. The molecule has 0 fully saturated rings. The zero-order valence-electron chi connectivity index (χ0n) is 23.8. The van der Waals surface area contributed by atoms with E-state index in [-0.39, 0.29) is 16.1 Å². The number of anilines is 1. The largest absolute Gasteiger partial charge is 0.454 e. The lowest BCUT2D eigenvalue weighted by atomic mass is 10.0. The van der Waals surface area contributed by atoms with Crippen LogP contribution in [0.3, 0.4) is 0 Å². The van der Waals surface area contributed by atoms with Gasteiger partial charge < -0.3 is 4.74 Å². The van der Waals surface area contributed by atoms with Crippen LogP contribution in [0.5, 0.6) is 0 Å². The molecular weight excluding hydrogens is 566 g/mol. The molecule has 1 heterocycles. The molecule has 0 aliphatic heterocycles. The summed E-state index contributed by atoms with van der Waals surface area (Å²) in [6, 6.07) is 29.5. The van der Waals surface area contributed by atoms with Gasteiger partial charge in [0, 0.05) is 12.6 Å². The van der Waals surface area contributed by atoms with Crippen LogP contribution in [0.4, 0.5) is 5.69 Å². The minimum absolute atomic E-state index is 0.0124. The summed E-state index contributed by atoms with van der Waals surface area (Å²) in [5.41, 5.74) is 3.11. The quantitative estimate of drug-likeness (QED) is 0.183. The van der Waals surface area contributed by atoms with Crippen molar-refractivity contribution in [3.05, 3.63) is 136 Å². The fraction of sp³-hybridized carbons (Fsp3) is 0.121. The molecule has 1 aromatic heterocycles. The molecule has 0 aliphatic rings. The molecule has 43 heavy (non-hydrogen) atoms. The number of benzene rings is 4. The van der Waals surface area contributed by atoms with Crippen LogP contribution in [0.1, 0.15) is 32.0 Å². The lowest BCUT2D eigenvalue weighted by molar-refractivity contribution is 0.0473. The van der Waals surface area contributed by atoms with Gasteiger partial charge in [0.05, 0.1) is 21.8 Å². The topological polar surface area (TPSA) is 116 Å². The highest BCUT2D eigenvalue weighted by Crippen LogP contribution is 2.22. The number of aromatic nitrogens is 2. The SMILES string of the molecule is Cc1ccc(S(=O)(=O)Nc2c(C)n(C)n(-c3ccccc3)c2=O)cc1C(=O)OCC(=O)c1ccc(-c2ccccc2)cc1. The van der Waals surface area contributed by atoms with Crippen molar-refractivity contribution in [1.29, 1.82) is 0 Å². The number of nitrogens with one attached hydrogen (secondary N) is 1. The zero-order chi connectivity index (χ0) is 30.7. The van der Waals surface area contributed by atoms with Gasteiger partial charge in [0.25, 0.3) is 15.6 Å². The number of nitrogens with zero attached hydrogens (tertiary/aromatic N) is 2. The monoisotopic (exact) mass is 595 g/mol. The number of sulfonamides is 1. The van der Waals surface area contributed by atoms with Crippen LogP contribution in [0.25, 0.3) is 16.8 Å². The predicted molar refractivity (Wildman–Crippen MR) is 164 cm³/mol.